The van der Waals surface area contributed by atoms with E-state index in [9.17, 15) is 4.79 Å². The maximum atomic E-state index is 13.1. The largest absolute Gasteiger partial charge is 0.381 e. The Morgan fingerprint density at radius 1 is 1.04 bits per heavy atom. The van der Waals surface area contributed by atoms with Gasteiger partial charge in [0.1, 0.15) is 0 Å². The van der Waals surface area contributed by atoms with Gasteiger partial charge in [-0.2, -0.15) is 0 Å². The molecule has 4 heteroatoms. The number of nitrogens with zero attached hydrogens (tertiary/aromatic N) is 1. The van der Waals surface area contributed by atoms with Crippen molar-refractivity contribution in [3.05, 3.63) is 65.7 Å². The van der Waals surface area contributed by atoms with Crippen molar-refractivity contribution in [1.82, 2.24) is 5.32 Å². The number of hydrogen-bond acceptors (Lipinski definition) is 3. The second-order valence-electron chi connectivity index (χ2n) is 7.13. The molecule has 1 amide bonds. The number of anilines is 1. The summed E-state index contributed by atoms with van der Waals surface area (Å²) in [5.74, 6) is 0.122. The van der Waals surface area contributed by atoms with Gasteiger partial charge in [0.2, 0.25) is 5.91 Å². The third-order valence-electron chi connectivity index (χ3n) is 5.26. The highest BCUT2D eigenvalue weighted by molar-refractivity contribution is 5.88. The molecule has 1 heterocycles. The molecule has 1 aliphatic rings. The van der Waals surface area contributed by atoms with Gasteiger partial charge in [-0.15, -0.1) is 0 Å². The summed E-state index contributed by atoms with van der Waals surface area (Å²) in [6, 6.07) is 18.6. The van der Waals surface area contributed by atoms with Gasteiger partial charge in [-0.1, -0.05) is 42.5 Å². The zero-order valence-corrected chi connectivity index (χ0v) is 15.7. The van der Waals surface area contributed by atoms with Crippen molar-refractivity contribution in [2.24, 2.45) is 0 Å². The zero-order valence-electron chi connectivity index (χ0n) is 15.7. The van der Waals surface area contributed by atoms with Gasteiger partial charge in [0.05, 0.1) is 5.41 Å². The van der Waals surface area contributed by atoms with E-state index in [0.29, 0.717) is 19.8 Å². The van der Waals surface area contributed by atoms with E-state index in [1.165, 1.54) is 11.3 Å². The molecular weight excluding hydrogens is 324 g/mol. The number of ether oxygens (including phenoxy) is 1. The van der Waals surface area contributed by atoms with Gasteiger partial charge in [0.15, 0.2) is 0 Å². The third kappa shape index (κ3) is 4.07. The molecule has 26 heavy (non-hydrogen) atoms. The molecule has 0 aromatic heterocycles. The number of amides is 1. The average Bonchev–Trinajstić information content (AvgIpc) is 2.69. The van der Waals surface area contributed by atoms with Crippen LogP contribution in [0, 0.1) is 0 Å². The topological polar surface area (TPSA) is 41.6 Å². The van der Waals surface area contributed by atoms with Crippen molar-refractivity contribution in [3.63, 3.8) is 0 Å². The van der Waals surface area contributed by atoms with Gasteiger partial charge in [-0.3, -0.25) is 4.79 Å². The Bertz CT molecular complexity index is 705. The first-order chi connectivity index (χ1) is 12.6. The Hall–Kier alpha value is -2.33. The predicted molar refractivity (Wildman–Crippen MR) is 106 cm³/mol. The monoisotopic (exact) mass is 352 g/mol. The first kappa shape index (κ1) is 18.5. The van der Waals surface area contributed by atoms with Crippen LogP contribution >= 0.6 is 0 Å². The molecule has 0 atom stereocenters. The number of benzene rings is 2. The lowest BCUT2D eigenvalue weighted by atomic mass is 9.73. The van der Waals surface area contributed by atoms with E-state index in [2.05, 4.69) is 46.6 Å². The minimum Gasteiger partial charge on any atom is -0.381 e. The van der Waals surface area contributed by atoms with Crippen LogP contribution in [0.3, 0.4) is 0 Å². The van der Waals surface area contributed by atoms with E-state index in [4.69, 9.17) is 4.74 Å². The Morgan fingerprint density at radius 2 is 1.69 bits per heavy atom. The van der Waals surface area contributed by atoms with Crippen molar-refractivity contribution in [3.8, 4) is 0 Å². The van der Waals surface area contributed by atoms with Crippen LogP contribution in [-0.2, 0) is 21.4 Å². The van der Waals surface area contributed by atoms with E-state index in [0.717, 1.165) is 24.8 Å². The van der Waals surface area contributed by atoms with Crippen molar-refractivity contribution < 1.29 is 9.53 Å². The summed E-state index contributed by atoms with van der Waals surface area (Å²) in [6.07, 6.45) is 2.31. The van der Waals surface area contributed by atoms with Crippen LogP contribution in [0.4, 0.5) is 5.69 Å². The molecule has 138 valence electrons. The molecule has 1 saturated heterocycles. The smallest absolute Gasteiger partial charge is 0.230 e. The van der Waals surface area contributed by atoms with E-state index >= 15 is 0 Å². The molecule has 0 spiro atoms. The molecule has 2 aromatic rings. The highest BCUT2D eigenvalue weighted by atomic mass is 16.5. The molecule has 4 nitrogen and oxygen atoms in total. The molecule has 0 bridgehead atoms. The Kier molecular flexibility index (Phi) is 5.94. The van der Waals surface area contributed by atoms with Gasteiger partial charge < -0.3 is 15.0 Å². The molecule has 0 unspecified atom stereocenters. The predicted octanol–water partition coefficient (Wildman–Crippen LogP) is 3.16. The second-order valence-corrected chi connectivity index (χ2v) is 7.13. The van der Waals surface area contributed by atoms with E-state index in [1.54, 1.807) is 0 Å². The highest BCUT2D eigenvalue weighted by Gasteiger charge is 2.41. The van der Waals surface area contributed by atoms with Crippen LogP contribution in [0.25, 0.3) is 0 Å². The molecule has 0 aliphatic carbocycles. The number of nitrogens with one attached hydrogen (secondary N) is 1. The first-order valence-corrected chi connectivity index (χ1v) is 9.30. The van der Waals surface area contributed by atoms with Crippen LogP contribution in [0.1, 0.15) is 24.0 Å². The molecule has 3 rings (SSSR count). The zero-order chi connectivity index (χ0) is 18.4. The lowest BCUT2D eigenvalue weighted by Crippen LogP contribution is -2.48. The van der Waals surface area contributed by atoms with Gasteiger partial charge in [-0.25, -0.2) is 0 Å². The van der Waals surface area contributed by atoms with E-state index in [-0.39, 0.29) is 5.91 Å². The molecule has 1 N–H and O–H groups in total. The lowest BCUT2D eigenvalue weighted by molar-refractivity contribution is -0.130. The van der Waals surface area contributed by atoms with Crippen LogP contribution in [0.5, 0.6) is 0 Å². The Labute approximate surface area is 156 Å². The summed E-state index contributed by atoms with van der Waals surface area (Å²) in [5, 5.41) is 3.17. The summed E-state index contributed by atoms with van der Waals surface area (Å²) in [5.41, 5.74) is 3.05. The minimum atomic E-state index is -0.464. The van der Waals surface area contributed by atoms with Crippen molar-refractivity contribution in [2.45, 2.75) is 24.7 Å². The summed E-state index contributed by atoms with van der Waals surface area (Å²) in [7, 11) is 4.07. The molecule has 2 aromatic carbocycles. The van der Waals surface area contributed by atoms with Crippen molar-refractivity contribution in [2.75, 3.05) is 38.8 Å². The summed E-state index contributed by atoms with van der Waals surface area (Å²) < 4.78 is 5.52. The molecule has 1 aliphatic heterocycles. The summed E-state index contributed by atoms with van der Waals surface area (Å²) in [6.45, 7) is 1.91. The van der Waals surface area contributed by atoms with Crippen molar-refractivity contribution >= 4 is 11.6 Å². The van der Waals surface area contributed by atoms with Gasteiger partial charge in [0, 0.05) is 39.5 Å². The fourth-order valence-corrected chi connectivity index (χ4v) is 3.57. The molecule has 0 radical (unpaired) electrons. The SMILES string of the molecule is CN(C)c1ccc(CCNC(=O)C2(c3ccccc3)CCOCC2)cc1. The number of rotatable bonds is 6. The van der Waals surface area contributed by atoms with Crippen LogP contribution < -0.4 is 10.2 Å². The van der Waals surface area contributed by atoms with Gasteiger partial charge >= 0.3 is 0 Å². The van der Waals surface area contributed by atoms with Crippen molar-refractivity contribution in [1.29, 1.82) is 0 Å². The van der Waals surface area contributed by atoms with E-state index < -0.39 is 5.41 Å². The van der Waals surface area contributed by atoms with Gasteiger partial charge in [-0.05, 0) is 42.5 Å². The maximum Gasteiger partial charge on any atom is 0.230 e. The number of carbonyl (C=O) groups excluding carboxylic acids is 1. The minimum absolute atomic E-state index is 0.122. The molecule has 0 saturated carbocycles. The lowest BCUT2D eigenvalue weighted by Gasteiger charge is -2.36. The highest BCUT2D eigenvalue weighted by Crippen LogP contribution is 2.35. The van der Waals surface area contributed by atoms with Gasteiger partial charge in [0.25, 0.3) is 0 Å². The quantitative estimate of drug-likeness (QED) is 0.868. The number of carbonyl (C=O) groups is 1. The summed E-state index contributed by atoms with van der Waals surface area (Å²) >= 11 is 0. The van der Waals surface area contributed by atoms with Crippen LogP contribution in [0.15, 0.2) is 54.6 Å². The second kappa shape index (κ2) is 8.37. The summed E-state index contributed by atoms with van der Waals surface area (Å²) in [4.78, 5) is 15.2. The van der Waals surface area contributed by atoms with E-state index in [1.807, 2.05) is 32.3 Å². The Morgan fingerprint density at radius 3 is 2.31 bits per heavy atom. The standard InChI is InChI=1S/C22H28N2O2/c1-24(2)20-10-8-18(9-11-20)12-15-23-21(25)22(13-16-26-17-14-22)19-6-4-3-5-7-19/h3-11H,12-17H2,1-2H3,(H,23,25). The normalized spacial score (nSPS) is 16.1. The molecule has 1 fully saturated rings. The van der Waals surface area contributed by atoms with Crippen LogP contribution in [-0.4, -0.2) is 39.8 Å². The fraction of sp³-hybridized carbons (Fsp3) is 0.409. The number of hydrogen-bond donors (Lipinski definition) is 1. The third-order valence-corrected chi connectivity index (χ3v) is 5.26. The average molecular weight is 352 g/mol. The maximum absolute atomic E-state index is 13.1. The fourth-order valence-electron chi connectivity index (χ4n) is 3.57. The first-order valence-electron chi connectivity index (χ1n) is 9.30. The Balaban J connectivity index is 1.63. The van der Waals surface area contributed by atoms with Crippen LogP contribution in [0.2, 0.25) is 0 Å². The molecular formula is C22H28N2O2.